The Morgan fingerprint density at radius 3 is 2.78 bits per heavy atom. The molecule has 2 aromatic heterocycles. The third kappa shape index (κ3) is 2.14. The largest absolute Gasteiger partial charge is 0.466 e. The third-order valence-electron chi connectivity index (χ3n) is 2.30. The molecule has 0 bridgehead atoms. The Morgan fingerprint density at radius 1 is 1.50 bits per heavy atom. The highest BCUT2D eigenvalue weighted by atomic mass is 16.5. The van der Waals surface area contributed by atoms with E-state index in [1.807, 2.05) is 6.07 Å². The van der Waals surface area contributed by atoms with Crippen LogP contribution >= 0.6 is 0 Å². The van der Waals surface area contributed by atoms with Gasteiger partial charge in [0, 0.05) is 6.20 Å². The Kier molecular flexibility index (Phi) is 3.21. The zero-order valence-electron chi connectivity index (χ0n) is 10.0. The van der Waals surface area contributed by atoms with Gasteiger partial charge in [-0.05, 0) is 19.1 Å². The molecule has 0 amide bonds. The van der Waals surface area contributed by atoms with Crippen molar-refractivity contribution in [1.82, 2.24) is 19.7 Å². The summed E-state index contributed by atoms with van der Waals surface area (Å²) in [6, 6.07) is 5.26. The molecule has 2 N–H and O–H groups in total. The Bertz CT molecular complexity index is 581. The average molecular weight is 244 g/mol. The molecule has 0 radical (unpaired) electrons. The first-order valence-electron chi connectivity index (χ1n) is 5.28. The number of nitriles is 1. The summed E-state index contributed by atoms with van der Waals surface area (Å²) >= 11 is 0. The fraction of sp³-hybridized carbons (Fsp3) is 0.273. The zero-order valence-corrected chi connectivity index (χ0v) is 10.0. The number of nitrogens with zero attached hydrogens (tertiary/aromatic N) is 5. The van der Waals surface area contributed by atoms with Gasteiger partial charge in [-0.2, -0.15) is 14.9 Å². The molecule has 0 aliphatic carbocycles. The van der Waals surface area contributed by atoms with Crippen LogP contribution < -0.4 is 10.5 Å². The van der Waals surface area contributed by atoms with Gasteiger partial charge in [0.15, 0.2) is 11.6 Å². The van der Waals surface area contributed by atoms with Gasteiger partial charge in [0.05, 0.1) is 18.7 Å². The standard InChI is InChI=1S/C11H12N6O/c1-7(13)10-15-11(18-2)16-17(10)9-4-3-8(5-12)6-14-9/h3-4,6-7H,13H2,1-2H3/t7-/m0/s1. The van der Waals surface area contributed by atoms with E-state index in [0.717, 1.165) is 0 Å². The second kappa shape index (κ2) is 4.81. The predicted molar refractivity (Wildman–Crippen MR) is 63.0 cm³/mol. The minimum Gasteiger partial charge on any atom is -0.466 e. The van der Waals surface area contributed by atoms with E-state index in [2.05, 4.69) is 15.1 Å². The summed E-state index contributed by atoms with van der Waals surface area (Å²) in [5.74, 6) is 1.08. The molecule has 18 heavy (non-hydrogen) atoms. The first kappa shape index (κ1) is 12.0. The van der Waals surface area contributed by atoms with E-state index in [0.29, 0.717) is 17.2 Å². The van der Waals surface area contributed by atoms with Gasteiger partial charge < -0.3 is 10.5 Å². The fourth-order valence-corrected chi connectivity index (χ4v) is 1.43. The number of ether oxygens (including phenoxy) is 1. The number of rotatable bonds is 3. The number of hydrogen-bond acceptors (Lipinski definition) is 6. The van der Waals surface area contributed by atoms with Crippen LogP contribution in [0.2, 0.25) is 0 Å². The van der Waals surface area contributed by atoms with Gasteiger partial charge in [0.2, 0.25) is 0 Å². The van der Waals surface area contributed by atoms with Crippen LogP contribution in [0.4, 0.5) is 0 Å². The lowest BCUT2D eigenvalue weighted by Crippen LogP contribution is -2.14. The second-order valence-electron chi connectivity index (χ2n) is 3.67. The lowest BCUT2D eigenvalue weighted by Gasteiger charge is -2.06. The number of pyridine rings is 1. The van der Waals surface area contributed by atoms with Crippen molar-refractivity contribution in [3.8, 4) is 17.9 Å². The highest BCUT2D eigenvalue weighted by Crippen LogP contribution is 2.16. The molecule has 0 aliphatic heterocycles. The second-order valence-corrected chi connectivity index (χ2v) is 3.67. The van der Waals surface area contributed by atoms with Crippen molar-refractivity contribution >= 4 is 0 Å². The Morgan fingerprint density at radius 2 is 2.28 bits per heavy atom. The minimum atomic E-state index is -0.307. The first-order valence-corrected chi connectivity index (χ1v) is 5.28. The topological polar surface area (TPSA) is 103 Å². The van der Waals surface area contributed by atoms with Gasteiger partial charge in [-0.25, -0.2) is 4.98 Å². The molecule has 0 saturated carbocycles. The third-order valence-corrected chi connectivity index (χ3v) is 2.30. The first-order chi connectivity index (χ1) is 8.65. The summed E-state index contributed by atoms with van der Waals surface area (Å²) in [7, 11) is 1.48. The SMILES string of the molecule is COc1nc([C@H](C)N)n(-c2ccc(C#N)cn2)n1. The summed E-state index contributed by atoms with van der Waals surface area (Å²) in [5.41, 5.74) is 6.30. The van der Waals surface area contributed by atoms with Crippen molar-refractivity contribution in [3.63, 3.8) is 0 Å². The monoisotopic (exact) mass is 244 g/mol. The van der Waals surface area contributed by atoms with E-state index in [1.165, 1.54) is 18.0 Å². The number of methoxy groups -OCH3 is 1. The van der Waals surface area contributed by atoms with Crippen LogP contribution in [0.3, 0.4) is 0 Å². The molecule has 0 spiro atoms. The van der Waals surface area contributed by atoms with Crippen molar-refractivity contribution in [3.05, 3.63) is 29.7 Å². The zero-order chi connectivity index (χ0) is 13.1. The molecule has 7 nitrogen and oxygen atoms in total. The lowest BCUT2D eigenvalue weighted by atomic mass is 10.3. The van der Waals surface area contributed by atoms with Gasteiger partial charge in [0.25, 0.3) is 0 Å². The summed E-state index contributed by atoms with van der Waals surface area (Å²) in [6.45, 7) is 1.80. The molecule has 2 heterocycles. The van der Waals surface area contributed by atoms with Gasteiger partial charge in [0.1, 0.15) is 6.07 Å². The lowest BCUT2D eigenvalue weighted by molar-refractivity contribution is 0.379. The Balaban J connectivity index is 2.48. The number of aromatic nitrogens is 4. The van der Waals surface area contributed by atoms with Gasteiger partial charge >= 0.3 is 6.01 Å². The molecule has 0 aromatic carbocycles. The normalized spacial score (nSPS) is 11.9. The highest BCUT2D eigenvalue weighted by Gasteiger charge is 2.15. The summed E-state index contributed by atoms with van der Waals surface area (Å²) in [6.07, 6.45) is 1.47. The van der Waals surface area contributed by atoms with E-state index >= 15 is 0 Å². The van der Waals surface area contributed by atoms with Crippen molar-refractivity contribution in [2.75, 3.05) is 7.11 Å². The summed E-state index contributed by atoms with van der Waals surface area (Å²) in [4.78, 5) is 8.28. The molecular weight excluding hydrogens is 232 g/mol. The van der Waals surface area contributed by atoms with E-state index in [1.54, 1.807) is 19.1 Å². The smallest absolute Gasteiger partial charge is 0.335 e. The molecule has 0 saturated heterocycles. The maximum atomic E-state index is 8.72. The molecular formula is C11H12N6O. The van der Waals surface area contributed by atoms with Crippen molar-refractivity contribution < 1.29 is 4.74 Å². The average Bonchev–Trinajstić information content (AvgIpc) is 2.83. The number of nitrogens with two attached hydrogens (primary N) is 1. The molecule has 7 heteroatoms. The van der Waals surface area contributed by atoms with Crippen molar-refractivity contribution in [2.24, 2.45) is 5.73 Å². The summed E-state index contributed by atoms with van der Waals surface area (Å²) in [5, 5.41) is 12.9. The Labute approximate surface area is 104 Å². The predicted octanol–water partition coefficient (Wildman–Crippen LogP) is 0.562. The van der Waals surface area contributed by atoms with E-state index < -0.39 is 0 Å². The maximum absolute atomic E-state index is 8.72. The molecule has 2 rings (SSSR count). The van der Waals surface area contributed by atoms with Gasteiger partial charge in [-0.3, -0.25) is 0 Å². The highest BCUT2D eigenvalue weighted by molar-refractivity contribution is 5.32. The molecule has 1 atom stereocenters. The van der Waals surface area contributed by atoms with Crippen LogP contribution in [0.25, 0.3) is 5.82 Å². The van der Waals surface area contributed by atoms with E-state index in [-0.39, 0.29) is 12.1 Å². The fourth-order valence-electron chi connectivity index (χ4n) is 1.43. The van der Waals surface area contributed by atoms with Crippen molar-refractivity contribution in [1.29, 1.82) is 5.26 Å². The van der Waals surface area contributed by atoms with Crippen LogP contribution in [0.5, 0.6) is 6.01 Å². The van der Waals surface area contributed by atoms with Gasteiger partial charge in [-0.1, -0.05) is 0 Å². The van der Waals surface area contributed by atoms with Crippen LogP contribution in [-0.2, 0) is 0 Å². The van der Waals surface area contributed by atoms with Gasteiger partial charge in [-0.15, -0.1) is 5.10 Å². The molecule has 2 aromatic rings. The van der Waals surface area contributed by atoms with Crippen LogP contribution in [-0.4, -0.2) is 26.9 Å². The van der Waals surface area contributed by atoms with Crippen LogP contribution in [0.15, 0.2) is 18.3 Å². The maximum Gasteiger partial charge on any atom is 0.335 e. The summed E-state index contributed by atoms with van der Waals surface area (Å²) < 4.78 is 6.48. The van der Waals surface area contributed by atoms with Crippen LogP contribution in [0, 0.1) is 11.3 Å². The van der Waals surface area contributed by atoms with E-state index in [9.17, 15) is 0 Å². The minimum absolute atomic E-state index is 0.230. The molecule has 0 fully saturated rings. The molecule has 0 unspecified atom stereocenters. The van der Waals surface area contributed by atoms with Crippen molar-refractivity contribution in [2.45, 2.75) is 13.0 Å². The number of hydrogen-bond donors (Lipinski definition) is 1. The van der Waals surface area contributed by atoms with E-state index in [4.69, 9.17) is 15.7 Å². The van der Waals surface area contributed by atoms with Crippen LogP contribution in [0.1, 0.15) is 24.4 Å². The Hall–Kier alpha value is -2.46. The quantitative estimate of drug-likeness (QED) is 0.846. The molecule has 92 valence electrons. The molecule has 0 aliphatic rings.